The first-order valence-corrected chi connectivity index (χ1v) is 9.57. The van der Waals surface area contributed by atoms with Gasteiger partial charge in [0.2, 0.25) is 0 Å². The van der Waals surface area contributed by atoms with Crippen molar-refractivity contribution >= 4 is 17.7 Å². The molecule has 0 saturated carbocycles. The number of amides is 1. The van der Waals surface area contributed by atoms with Crippen LogP contribution in [0.2, 0.25) is 0 Å². The van der Waals surface area contributed by atoms with E-state index in [0.29, 0.717) is 18.1 Å². The fraction of sp³-hybridized carbons (Fsp3) is 0.300. The van der Waals surface area contributed by atoms with E-state index in [1.807, 2.05) is 23.9 Å². The summed E-state index contributed by atoms with van der Waals surface area (Å²) in [5.74, 6) is 1.66. The summed E-state index contributed by atoms with van der Waals surface area (Å²) in [6.07, 6.45) is 4.68. The first-order valence-electron chi connectivity index (χ1n) is 8.59. The summed E-state index contributed by atoms with van der Waals surface area (Å²) in [5, 5.41) is 0.918. The molecule has 0 aliphatic rings. The van der Waals surface area contributed by atoms with E-state index in [0.717, 1.165) is 22.9 Å². The van der Waals surface area contributed by atoms with Crippen LogP contribution in [0.25, 0.3) is 0 Å². The Morgan fingerprint density at radius 2 is 1.92 bits per heavy atom. The molecule has 136 valence electrons. The van der Waals surface area contributed by atoms with Gasteiger partial charge in [0.05, 0.1) is 5.75 Å². The lowest BCUT2D eigenvalue weighted by atomic mass is 10.1. The van der Waals surface area contributed by atoms with Crippen molar-refractivity contribution in [2.24, 2.45) is 7.05 Å². The van der Waals surface area contributed by atoms with Crippen LogP contribution < -0.4 is 0 Å². The molecule has 3 rings (SSSR count). The van der Waals surface area contributed by atoms with Crippen molar-refractivity contribution in [3.8, 4) is 0 Å². The van der Waals surface area contributed by atoms with Crippen molar-refractivity contribution in [3.63, 3.8) is 0 Å². The molecule has 2 heterocycles. The Balaban J connectivity index is 1.58. The molecule has 1 amide bonds. The van der Waals surface area contributed by atoms with Crippen LogP contribution in [0.15, 0.2) is 58.4 Å². The number of nitrogens with zero attached hydrogens (tertiary/aromatic N) is 3. The van der Waals surface area contributed by atoms with Crippen LogP contribution in [0.3, 0.4) is 0 Å². The van der Waals surface area contributed by atoms with Crippen molar-refractivity contribution in [3.05, 3.63) is 71.4 Å². The van der Waals surface area contributed by atoms with E-state index in [1.54, 1.807) is 36.0 Å². The maximum atomic E-state index is 12.6. The highest BCUT2D eigenvalue weighted by atomic mass is 32.2. The number of hydrogen-bond donors (Lipinski definition) is 0. The van der Waals surface area contributed by atoms with Crippen molar-refractivity contribution in [2.75, 3.05) is 7.05 Å². The number of benzene rings is 1. The smallest absolute Gasteiger partial charge is 0.289 e. The Labute approximate surface area is 158 Å². The highest BCUT2D eigenvalue weighted by Gasteiger charge is 2.16. The van der Waals surface area contributed by atoms with Crippen LogP contribution in [-0.4, -0.2) is 27.4 Å². The summed E-state index contributed by atoms with van der Waals surface area (Å²) >= 11 is 1.58. The average molecular weight is 369 g/mol. The Morgan fingerprint density at radius 3 is 2.58 bits per heavy atom. The third-order valence-electron chi connectivity index (χ3n) is 4.19. The fourth-order valence-corrected chi connectivity index (χ4v) is 3.44. The Bertz CT molecular complexity index is 867. The second kappa shape index (κ2) is 8.27. The largest absolute Gasteiger partial charge is 0.455 e. The number of aryl methyl sites for hydroxylation is 2. The van der Waals surface area contributed by atoms with Gasteiger partial charge in [-0.3, -0.25) is 4.79 Å². The summed E-state index contributed by atoms with van der Waals surface area (Å²) in [5.41, 5.74) is 2.40. The number of carbonyl (C=O) groups excluding carboxylic acids is 1. The minimum atomic E-state index is -0.113. The first-order chi connectivity index (χ1) is 12.6. The fourth-order valence-electron chi connectivity index (χ4n) is 2.61. The molecule has 5 nitrogen and oxygen atoms in total. The van der Waals surface area contributed by atoms with Gasteiger partial charge in [-0.1, -0.05) is 43.0 Å². The van der Waals surface area contributed by atoms with E-state index in [2.05, 4.69) is 36.2 Å². The lowest BCUT2D eigenvalue weighted by Gasteiger charge is -2.16. The molecule has 0 radical (unpaired) electrons. The molecule has 26 heavy (non-hydrogen) atoms. The molecule has 0 atom stereocenters. The molecule has 0 aliphatic heterocycles. The highest BCUT2D eigenvalue weighted by molar-refractivity contribution is 7.98. The standard InChI is InChI=1S/C20H23N3O2S/c1-4-15-5-7-16(8-6-15)13-23(3)19(24)18-10-9-17(25-18)14-26-20-21-11-12-22(20)2/h5-12H,4,13-14H2,1-3H3. The number of hydrogen-bond acceptors (Lipinski definition) is 4. The number of carbonyl (C=O) groups is 1. The molecular weight excluding hydrogens is 346 g/mol. The van der Waals surface area contributed by atoms with Gasteiger partial charge in [-0.2, -0.15) is 0 Å². The summed E-state index contributed by atoms with van der Waals surface area (Å²) in [6.45, 7) is 2.69. The van der Waals surface area contributed by atoms with Crippen molar-refractivity contribution < 1.29 is 9.21 Å². The zero-order chi connectivity index (χ0) is 18.5. The number of rotatable bonds is 7. The van der Waals surface area contributed by atoms with Gasteiger partial charge < -0.3 is 13.9 Å². The van der Waals surface area contributed by atoms with Gasteiger partial charge in [0, 0.05) is 33.0 Å². The lowest BCUT2D eigenvalue weighted by Crippen LogP contribution is -2.25. The minimum Gasteiger partial charge on any atom is -0.455 e. The predicted octanol–water partition coefficient (Wildman–Crippen LogP) is 4.14. The molecule has 2 aromatic heterocycles. The second-order valence-electron chi connectivity index (χ2n) is 6.21. The van der Waals surface area contributed by atoms with E-state index in [1.165, 1.54) is 5.56 Å². The molecule has 0 bridgehead atoms. The third-order valence-corrected chi connectivity index (χ3v) is 5.27. The number of aromatic nitrogens is 2. The second-order valence-corrected chi connectivity index (χ2v) is 7.15. The van der Waals surface area contributed by atoms with Gasteiger partial charge in [0.15, 0.2) is 10.9 Å². The van der Waals surface area contributed by atoms with Gasteiger partial charge in [-0.15, -0.1) is 0 Å². The summed E-state index contributed by atoms with van der Waals surface area (Å²) < 4.78 is 7.69. The summed E-state index contributed by atoms with van der Waals surface area (Å²) in [4.78, 5) is 18.5. The lowest BCUT2D eigenvalue weighted by molar-refractivity contribution is 0.0752. The number of imidazole rings is 1. The number of thioether (sulfide) groups is 1. The minimum absolute atomic E-state index is 0.113. The highest BCUT2D eigenvalue weighted by Crippen LogP contribution is 2.22. The predicted molar refractivity (Wildman–Crippen MR) is 103 cm³/mol. The van der Waals surface area contributed by atoms with Gasteiger partial charge >= 0.3 is 0 Å². The maximum Gasteiger partial charge on any atom is 0.289 e. The van der Waals surface area contributed by atoms with Crippen LogP contribution in [0.1, 0.15) is 34.4 Å². The molecule has 0 unspecified atom stereocenters. The quantitative estimate of drug-likeness (QED) is 0.587. The summed E-state index contributed by atoms with van der Waals surface area (Å²) in [6, 6.07) is 11.9. The van der Waals surface area contributed by atoms with Crippen molar-refractivity contribution in [1.29, 1.82) is 0 Å². The van der Waals surface area contributed by atoms with E-state index in [-0.39, 0.29) is 5.91 Å². The van der Waals surface area contributed by atoms with E-state index in [4.69, 9.17) is 4.42 Å². The van der Waals surface area contributed by atoms with Crippen LogP contribution in [0.5, 0.6) is 0 Å². The molecule has 0 N–H and O–H groups in total. The molecule has 0 spiro atoms. The van der Waals surface area contributed by atoms with Gasteiger partial charge in [-0.25, -0.2) is 4.98 Å². The molecule has 0 aliphatic carbocycles. The maximum absolute atomic E-state index is 12.6. The monoisotopic (exact) mass is 369 g/mol. The Morgan fingerprint density at radius 1 is 1.19 bits per heavy atom. The number of furan rings is 1. The SMILES string of the molecule is CCc1ccc(CN(C)C(=O)c2ccc(CSc3nccn3C)o2)cc1. The molecule has 6 heteroatoms. The zero-order valence-corrected chi connectivity index (χ0v) is 16.1. The molecule has 3 aromatic rings. The Hall–Kier alpha value is -2.47. The van der Waals surface area contributed by atoms with Crippen LogP contribution in [-0.2, 0) is 25.8 Å². The van der Waals surface area contributed by atoms with Gasteiger partial charge in [0.25, 0.3) is 5.91 Å². The first kappa shape index (κ1) is 18.3. The van der Waals surface area contributed by atoms with Crippen LogP contribution in [0, 0.1) is 0 Å². The van der Waals surface area contributed by atoms with Gasteiger partial charge in [-0.05, 0) is 29.7 Å². The third kappa shape index (κ3) is 4.38. The van der Waals surface area contributed by atoms with Crippen molar-refractivity contribution in [1.82, 2.24) is 14.5 Å². The van der Waals surface area contributed by atoms with Gasteiger partial charge in [0.1, 0.15) is 5.76 Å². The average Bonchev–Trinajstić information content (AvgIpc) is 3.29. The molecule has 0 fully saturated rings. The molecule has 0 saturated heterocycles. The van der Waals surface area contributed by atoms with Crippen LogP contribution in [0.4, 0.5) is 0 Å². The Kier molecular flexibility index (Phi) is 5.83. The van der Waals surface area contributed by atoms with E-state index in [9.17, 15) is 4.79 Å². The normalized spacial score (nSPS) is 10.9. The van der Waals surface area contributed by atoms with Crippen molar-refractivity contribution in [2.45, 2.75) is 30.8 Å². The van der Waals surface area contributed by atoms with Crippen LogP contribution >= 0.6 is 11.8 Å². The van der Waals surface area contributed by atoms with E-state index >= 15 is 0 Å². The molecular formula is C20H23N3O2S. The van der Waals surface area contributed by atoms with E-state index < -0.39 is 0 Å². The zero-order valence-electron chi connectivity index (χ0n) is 15.3. The molecule has 1 aromatic carbocycles. The summed E-state index contributed by atoms with van der Waals surface area (Å²) in [7, 11) is 3.75. The topological polar surface area (TPSA) is 51.3 Å².